The van der Waals surface area contributed by atoms with Gasteiger partial charge in [-0.1, -0.05) is 25.0 Å². The molecule has 2 aliphatic rings. The van der Waals surface area contributed by atoms with Crippen LogP contribution in [0.2, 0.25) is 0 Å². The van der Waals surface area contributed by atoms with E-state index in [1.807, 2.05) is 13.8 Å². The van der Waals surface area contributed by atoms with Gasteiger partial charge in [0, 0.05) is 24.5 Å². The molecular weight excluding hydrogens is 373 g/mol. The summed E-state index contributed by atoms with van der Waals surface area (Å²) in [7, 11) is 0. The Balaban J connectivity index is 1.85. The summed E-state index contributed by atoms with van der Waals surface area (Å²) in [4.78, 5) is 27.3. The third kappa shape index (κ3) is 4.25. The molecule has 1 unspecified atom stereocenters. The van der Waals surface area contributed by atoms with Gasteiger partial charge < -0.3 is 15.0 Å². The van der Waals surface area contributed by atoms with Gasteiger partial charge in [-0.05, 0) is 38.8 Å². The summed E-state index contributed by atoms with van der Waals surface area (Å²) in [5.74, 6) is -1.49. The summed E-state index contributed by atoms with van der Waals surface area (Å²) >= 11 is 0. The zero-order chi connectivity index (χ0) is 20.5. The molecule has 0 aromatic heterocycles. The SMILES string of the molecule is CC(C)NC(=O)C1CN(C(=O)c2ccccc2OC(F)(F)F)CC12CCCC2. The average molecular weight is 398 g/mol. The number of rotatable bonds is 4. The summed E-state index contributed by atoms with van der Waals surface area (Å²) in [6, 6.07) is 5.33. The van der Waals surface area contributed by atoms with Gasteiger partial charge in [0.25, 0.3) is 5.91 Å². The van der Waals surface area contributed by atoms with Crippen LogP contribution in [0.15, 0.2) is 24.3 Å². The molecule has 2 fully saturated rings. The highest BCUT2D eigenvalue weighted by Crippen LogP contribution is 2.49. The highest BCUT2D eigenvalue weighted by Gasteiger charge is 2.52. The molecule has 154 valence electrons. The van der Waals surface area contributed by atoms with Crippen molar-refractivity contribution in [2.75, 3.05) is 13.1 Å². The molecule has 2 amide bonds. The molecule has 0 radical (unpaired) electrons. The molecular formula is C20H25F3N2O3. The maximum Gasteiger partial charge on any atom is 0.573 e. The average Bonchev–Trinajstić information content (AvgIpc) is 3.21. The highest BCUT2D eigenvalue weighted by molar-refractivity contribution is 5.97. The number of nitrogens with one attached hydrogen (secondary N) is 1. The summed E-state index contributed by atoms with van der Waals surface area (Å²) in [5, 5.41) is 2.93. The van der Waals surface area contributed by atoms with Gasteiger partial charge in [-0.15, -0.1) is 13.2 Å². The standard InChI is InChI=1S/C20H25F3N2O3/c1-13(2)24-17(26)15-11-25(12-19(15)9-5-6-10-19)18(27)14-7-3-4-8-16(14)28-20(21,22)23/h3-4,7-8,13,15H,5-6,9-12H2,1-2H3,(H,24,26). The lowest BCUT2D eigenvalue weighted by atomic mass is 9.76. The number of hydrogen-bond donors (Lipinski definition) is 1. The predicted molar refractivity (Wildman–Crippen MR) is 96.7 cm³/mol. The van der Waals surface area contributed by atoms with Crippen molar-refractivity contribution in [2.45, 2.75) is 51.9 Å². The molecule has 1 saturated carbocycles. The first-order chi connectivity index (χ1) is 13.1. The Morgan fingerprint density at radius 3 is 2.46 bits per heavy atom. The smallest absolute Gasteiger partial charge is 0.405 e. The van der Waals surface area contributed by atoms with E-state index in [0.29, 0.717) is 6.54 Å². The normalized spacial score (nSPS) is 21.4. The molecule has 1 aromatic rings. The number of carbonyl (C=O) groups is 2. The lowest BCUT2D eigenvalue weighted by Gasteiger charge is -2.29. The summed E-state index contributed by atoms with van der Waals surface area (Å²) < 4.78 is 42.1. The van der Waals surface area contributed by atoms with Crippen LogP contribution in [-0.2, 0) is 4.79 Å². The van der Waals surface area contributed by atoms with E-state index in [4.69, 9.17) is 0 Å². The van der Waals surface area contributed by atoms with Gasteiger partial charge in [-0.25, -0.2) is 0 Å². The van der Waals surface area contributed by atoms with Crippen molar-refractivity contribution < 1.29 is 27.5 Å². The summed E-state index contributed by atoms with van der Waals surface area (Å²) in [6.45, 7) is 4.34. The van der Waals surface area contributed by atoms with Crippen molar-refractivity contribution in [1.82, 2.24) is 10.2 Å². The zero-order valence-electron chi connectivity index (χ0n) is 16.0. The first-order valence-electron chi connectivity index (χ1n) is 9.56. The lowest BCUT2D eigenvalue weighted by molar-refractivity contribution is -0.274. The fourth-order valence-electron chi connectivity index (χ4n) is 4.48. The van der Waals surface area contributed by atoms with Crippen LogP contribution in [0.25, 0.3) is 0 Å². The van der Waals surface area contributed by atoms with E-state index in [0.717, 1.165) is 31.7 Å². The second-order valence-electron chi connectivity index (χ2n) is 8.01. The fourth-order valence-corrected chi connectivity index (χ4v) is 4.48. The molecule has 3 rings (SSSR count). The number of amides is 2. The van der Waals surface area contributed by atoms with Crippen molar-refractivity contribution in [3.8, 4) is 5.75 Å². The van der Waals surface area contributed by atoms with Crippen LogP contribution in [0.1, 0.15) is 49.9 Å². The molecule has 1 aliphatic heterocycles. The number of ether oxygens (including phenoxy) is 1. The summed E-state index contributed by atoms with van der Waals surface area (Å²) in [5.41, 5.74) is -0.438. The van der Waals surface area contributed by atoms with E-state index in [-0.39, 0.29) is 35.4 Å². The maximum atomic E-state index is 13.0. The first kappa shape index (κ1) is 20.5. The van der Waals surface area contributed by atoms with Crippen LogP contribution < -0.4 is 10.1 Å². The molecule has 8 heteroatoms. The van der Waals surface area contributed by atoms with E-state index in [1.165, 1.54) is 23.1 Å². The van der Waals surface area contributed by atoms with Crippen molar-refractivity contribution in [3.05, 3.63) is 29.8 Å². The number of nitrogens with zero attached hydrogens (tertiary/aromatic N) is 1. The second-order valence-corrected chi connectivity index (χ2v) is 8.01. The van der Waals surface area contributed by atoms with Crippen LogP contribution in [-0.4, -0.2) is 42.2 Å². The van der Waals surface area contributed by atoms with Crippen molar-refractivity contribution >= 4 is 11.8 Å². The van der Waals surface area contributed by atoms with Gasteiger partial charge in [0.15, 0.2) is 0 Å². The second kappa shape index (κ2) is 7.64. The number of para-hydroxylation sites is 1. The number of likely N-dealkylation sites (tertiary alicyclic amines) is 1. The molecule has 0 bridgehead atoms. The Bertz CT molecular complexity index is 742. The number of hydrogen-bond acceptors (Lipinski definition) is 3. The quantitative estimate of drug-likeness (QED) is 0.841. The molecule has 1 aliphatic carbocycles. The minimum absolute atomic E-state index is 0.0170. The van der Waals surface area contributed by atoms with E-state index in [9.17, 15) is 22.8 Å². The summed E-state index contributed by atoms with van der Waals surface area (Å²) in [6.07, 6.45) is -1.22. The monoisotopic (exact) mass is 398 g/mol. The minimum Gasteiger partial charge on any atom is -0.405 e. The van der Waals surface area contributed by atoms with Gasteiger partial charge in [0.05, 0.1) is 11.5 Å². The molecule has 28 heavy (non-hydrogen) atoms. The number of halogens is 3. The highest BCUT2D eigenvalue weighted by atomic mass is 19.4. The van der Waals surface area contributed by atoms with Crippen LogP contribution in [0.3, 0.4) is 0 Å². The fraction of sp³-hybridized carbons (Fsp3) is 0.600. The Morgan fingerprint density at radius 2 is 1.86 bits per heavy atom. The van der Waals surface area contributed by atoms with Crippen molar-refractivity contribution in [1.29, 1.82) is 0 Å². The molecule has 1 heterocycles. The van der Waals surface area contributed by atoms with Crippen LogP contribution in [0.4, 0.5) is 13.2 Å². The van der Waals surface area contributed by atoms with E-state index < -0.39 is 18.0 Å². The van der Waals surface area contributed by atoms with Crippen molar-refractivity contribution in [2.24, 2.45) is 11.3 Å². The zero-order valence-corrected chi connectivity index (χ0v) is 16.0. The van der Waals surface area contributed by atoms with Gasteiger partial charge in [-0.2, -0.15) is 0 Å². The first-order valence-corrected chi connectivity index (χ1v) is 9.56. The topological polar surface area (TPSA) is 58.6 Å². The Labute approximate surface area is 162 Å². The Morgan fingerprint density at radius 1 is 1.21 bits per heavy atom. The molecule has 1 aromatic carbocycles. The Hall–Kier alpha value is -2.25. The molecule has 5 nitrogen and oxygen atoms in total. The molecule has 1 spiro atoms. The minimum atomic E-state index is -4.88. The third-order valence-corrected chi connectivity index (χ3v) is 5.63. The van der Waals surface area contributed by atoms with Gasteiger partial charge in [-0.3, -0.25) is 9.59 Å². The van der Waals surface area contributed by atoms with Crippen molar-refractivity contribution in [3.63, 3.8) is 0 Å². The van der Waals surface area contributed by atoms with Gasteiger partial charge in [0.1, 0.15) is 5.75 Å². The van der Waals surface area contributed by atoms with E-state index >= 15 is 0 Å². The lowest BCUT2D eigenvalue weighted by Crippen LogP contribution is -2.42. The third-order valence-electron chi connectivity index (χ3n) is 5.63. The number of benzene rings is 1. The van der Waals surface area contributed by atoms with Gasteiger partial charge >= 0.3 is 6.36 Å². The Kier molecular flexibility index (Phi) is 5.59. The molecule has 1 atom stereocenters. The van der Waals surface area contributed by atoms with Crippen LogP contribution >= 0.6 is 0 Å². The largest absolute Gasteiger partial charge is 0.573 e. The van der Waals surface area contributed by atoms with E-state index in [1.54, 1.807) is 0 Å². The van der Waals surface area contributed by atoms with Crippen LogP contribution in [0.5, 0.6) is 5.75 Å². The van der Waals surface area contributed by atoms with Gasteiger partial charge in [0.2, 0.25) is 5.91 Å². The molecule has 1 N–H and O–H groups in total. The number of carbonyl (C=O) groups excluding carboxylic acids is 2. The molecule has 1 saturated heterocycles. The van der Waals surface area contributed by atoms with E-state index in [2.05, 4.69) is 10.1 Å². The maximum absolute atomic E-state index is 13.0. The number of alkyl halides is 3. The van der Waals surface area contributed by atoms with Crippen LogP contribution in [0, 0.1) is 11.3 Å². The predicted octanol–water partition coefficient (Wildman–Crippen LogP) is 3.74.